The van der Waals surface area contributed by atoms with Crippen molar-refractivity contribution in [2.24, 2.45) is 0 Å². The lowest BCUT2D eigenvalue weighted by atomic mass is 10.3. The standard InChI is InChI=1S/C11H17NO5S/c1-9-10(5-6-17-9)8-12(2)18(15,16)7-3-4-11(13)14/h5-6H,3-4,7-8H2,1-2H3,(H,13,14). The van der Waals surface area contributed by atoms with Crippen molar-refractivity contribution in [1.29, 1.82) is 0 Å². The highest BCUT2D eigenvalue weighted by Gasteiger charge is 2.19. The minimum absolute atomic E-state index is 0.117. The average molecular weight is 275 g/mol. The third-order valence-corrected chi connectivity index (χ3v) is 4.51. The van der Waals surface area contributed by atoms with Crippen LogP contribution in [-0.4, -0.2) is 36.6 Å². The molecule has 0 saturated heterocycles. The molecule has 0 amide bonds. The molecule has 0 radical (unpaired) electrons. The molecule has 0 atom stereocenters. The molecule has 1 aromatic heterocycles. The van der Waals surface area contributed by atoms with Gasteiger partial charge < -0.3 is 9.52 Å². The summed E-state index contributed by atoms with van der Waals surface area (Å²) in [6, 6.07) is 1.72. The van der Waals surface area contributed by atoms with Crippen LogP contribution in [0.25, 0.3) is 0 Å². The van der Waals surface area contributed by atoms with Crippen molar-refractivity contribution in [2.45, 2.75) is 26.3 Å². The summed E-state index contributed by atoms with van der Waals surface area (Å²) in [7, 11) is -1.95. The predicted molar refractivity (Wildman–Crippen MR) is 65.6 cm³/mol. The number of rotatable bonds is 7. The Bertz CT molecular complexity index is 505. The third kappa shape index (κ3) is 4.15. The molecule has 0 unspecified atom stereocenters. The van der Waals surface area contributed by atoms with Gasteiger partial charge in [0.25, 0.3) is 0 Å². The molecule has 1 aromatic rings. The number of hydrogen-bond acceptors (Lipinski definition) is 4. The first kappa shape index (κ1) is 14.7. The van der Waals surface area contributed by atoms with Gasteiger partial charge in [0.1, 0.15) is 5.76 Å². The lowest BCUT2D eigenvalue weighted by molar-refractivity contribution is -0.137. The van der Waals surface area contributed by atoms with Gasteiger partial charge in [-0.25, -0.2) is 12.7 Å². The molecule has 1 rings (SSSR count). The van der Waals surface area contributed by atoms with E-state index in [-0.39, 0.29) is 25.1 Å². The molecule has 1 heterocycles. The maximum Gasteiger partial charge on any atom is 0.303 e. The van der Waals surface area contributed by atoms with Gasteiger partial charge in [-0.3, -0.25) is 4.79 Å². The van der Waals surface area contributed by atoms with Crippen molar-refractivity contribution in [3.63, 3.8) is 0 Å². The van der Waals surface area contributed by atoms with Crippen molar-refractivity contribution in [3.8, 4) is 0 Å². The van der Waals surface area contributed by atoms with Gasteiger partial charge in [0.15, 0.2) is 0 Å². The summed E-state index contributed by atoms with van der Waals surface area (Å²) < 4.78 is 30.0. The smallest absolute Gasteiger partial charge is 0.303 e. The first-order chi connectivity index (χ1) is 8.33. The Balaban J connectivity index is 2.57. The largest absolute Gasteiger partial charge is 0.481 e. The van der Waals surface area contributed by atoms with Crippen LogP contribution in [0.2, 0.25) is 0 Å². The van der Waals surface area contributed by atoms with Gasteiger partial charge in [-0.15, -0.1) is 0 Å². The zero-order valence-corrected chi connectivity index (χ0v) is 11.2. The van der Waals surface area contributed by atoms with Crippen molar-refractivity contribution >= 4 is 16.0 Å². The zero-order chi connectivity index (χ0) is 13.8. The van der Waals surface area contributed by atoms with E-state index in [9.17, 15) is 13.2 Å². The summed E-state index contributed by atoms with van der Waals surface area (Å²) in [5.41, 5.74) is 0.805. The molecule has 6 nitrogen and oxygen atoms in total. The van der Waals surface area contributed by atoms with E-state index in [0.717, 1.165) is 5.56 Å². The van der Waals surface area contributed by atoms with E-state index in [1.54, 1.807) is 13.0 Å². The zero-order valence-electron chi connectivity index (χ0n) is 10.4. The Morgan fingerprint density at radius 3 is 2.67 bits per heavy atom. The number of sulfonamides is 1. The summed E-state index contributed by atoms with van der Waals surface area (Å²) in [5, 5.41) is 8.47. The molecule has 0 spiro atoms. The second-order valence-corrected chi connectivity index (χ2v) is 6.27. The number of nitrogens with zero attached hydrogens (tertiary/aromatic N) is 1. The fourth-order valence-corrected chi connectivity index (χ4v) is 2.63. The fourth-order valence-electron chi connectivity index (χ4n) is 1.48. The topological polar surface area (TPSA) is 87.8 Å². The van der Waals surface area contributed by atoms with Crippen molar-refractivity contribution in [3.05, 3.63) is 23.7 Å². The van der Waals surface area contributed by atoms with Gasteiger partial charge in [-0.05, 0) is 19.4 Å². The van der Waals surface area contributed by atoms with Crippen molar-refractivity contribution in [1.82, 2.24) is 4.31 Å². The number of hydrogen-bond donors (Lipinski definition) is 1. The molecular formula is C11H17NO5S. The maximum absolute atomic E-state index is 11.9. The monoisotopic (exact) mass is 275 g/mol. The lowest BCUT2D eigenvalue weighted by Crippen LogP contribution is -2.29. The lowest BCUT2D eigenvalue weighted by Gasteiger charge is -2.16. The van der Waals surface area contributed by atoms with Crippen LogP contribution in [0.1, 0.15) is 24.2 Å². The molecule has 7 heteroatoms. The first-order valence-corrected chi connectivity index (χ1v) is 7.12. The molecule has 0 bridgehead atoms. The van der Waals surface area contributed by atoms with Crippen molar-refractivity contribution in [2.75, 3.05) is 12.8 Å². The second-order valence-electron chi connectivity index (χ2n) is 4.07. The van der Waals surface area contributed by atoms with Crippen LogP contribution < -0.4 is 0 Å². The number of aryl methyl sites for hydroxylation is 1. The highest BCUT2D eigenvalue weighted by atomic mass is 32.2. The Kier molecular flexibility index (Phi) is 4.92. The average Bonchev–Trinajstić information content (AvgIpc) is 2.63. The van der Waals surface area contributed by atoms with E-state index in [0.29, 0.717) is 5.76 Å². The second kappa shape index (κ2) is 6.01. The van der Waals surface area contributed by atoms with Crippen LogP contribution in [0, 0.1) is 6.92 Å². The third-order valence-electron chi connectivity index (χ3n) is 2.63. The van der Waals surface area contributed by atoms with Gasteiger partial charge in [0.2, 0.25) is 10.0 Å². The van der Waals surface area contributed by atoms with Gasteiger partial charge in [-0.1, -0.05) is 0 Å². The van der Waals surface area contributed by atoms with Crippen LogP contribution >= 0.6 is 0 Å². The molecular weight excluding hydrogens is 258 g/mol. The van der Waals surface area contributed by atoms with E-state index in [4.69, 9.17) is 9.52 Å². The molecule has 0 saturated carbocycles. The summed E-state index contributed by atoms with van der Waals surface area (Å²) in [6.45, 7) is 2.00. The molecule has 0 fully saturated rings. The van der Waals surface area contributed by atoms with E-state index in [1.807, 2.05) is 0 Å². The quantitative estimate of drug-likeness (QED) is 0.808. The van der Waals surface area contributed by atoms with Gasteiger partial charge in [-0.2, -0.15) is 0 Å². The Morgan fingerprint density at radius 2 is 2.17 bits per heavy atom. The first-order valence-electron chi connectivity index (χ1n) is 5.51. The SMILES string of the molecule is Cc1occc1CN(C)S(=O)(=O)CCCC(=O)O. The molecule has 1 N–H and O–H groups in total. The molecule has 102 valence electrons. The molecule has 0 aromatic carbocycles. The van der Waals surface area contributed by atoms with E-state index in [2.05, 4.69) is 0 Å². The van der Waals surface area contributed by atoms with Crippen molar-refractivity contribution < 1.29 is 22.7 Å². The predicted octanol–water partition coefficient (Wildman–Crippen LogP) is 1.21. The minimum Gasteiger partial charge on any atom is -0.481 e. The molecule has 0 aliphatic rings. The fraction of sp³-hybridized carbons (Fsp3) is 0.545. The van der Waals surface area contributed by atoms with E-state index in [1.165, 1.54) is 17.6 Å². The molecule has 18 heavy (non-hydrogen) atoms. The summed E-state index contributed by atoms with van der Waals surface area (Å²) in [5.74, 6) is -0.465. The van der Waals surface area contributed by atoms with Gasteiger partial charge in [0, 0.05) is 25.6 Å². The number of furan rings is 1. The number of aliphatic carboxylic acids is 1. The van der Waals surface area contributed by atoms with E-state index < -0.39 is 16.0 Å². The van der Waals surface area contributed by atoms with Crippen LogP contribution in [0.5, 0.6) is 0 Å². The number of carbonyl (C=O) groups is 1. The molecule has 0 aliphatic carbocycles. The Morgan fingerprint density at radius 1 is 1.50 bits per heavy atom. The van der Waals surface area contributed by atoms with Crippen LogP contribution in [-0.2, 0) is 21.4 Å². The minimum atomic E-state index is -3.42. The van der Waals surface area contributed by atoms with Crippen LogP contribution in [0.3, 0.4) is 0 Å². The maximum atomic E-state index is 11.9. The van der Waals surface area contributed by atoms with Crippen LogP contribution in [0.15, 0.2) is 16.7 Å². The normalized spacial score (nSPS) is 11.9. The number of carboxylic acids is 1. The van der Waals surface area contributed by atoms with Gasteiger partial charge >= 0.3 is 5.97 Å². The Labute approximate surface area is 106 Å². The number of carboxylic acid groups (broad SMARTS) is 1. The van der Waals surface area contributed by atoms with Gasteiger partial charge in [0.05, 0.1) is 12.0 Å². The highest BCUT2D eigenvalue weighted by molar-refractivity contribution is 7.89. The summed E-state index contributed by atoms with van der Waals surface area (Å²) in [6.07, 6.45) is 1.49. The van der Waals surface area contributed by atoms with E-state index >= 15 is 0 Å². The summed E-state index contributed by atoms with van der Waals surface area (Å²) >= 11 is 0. The highest BCUT2D eigenvalue weighted by Crippen LogP contribution is 2.14. The molecule has 0 aliphatic heterocycles. The van der Waals surface area contributed by atoms with Crippen LogP contribution in [0.4, 0.5) is 0 Å². The summed E-state index contributed by atoms with van der Waals surface area (Å²) in [4.78, 5) is 10.3. The Hall–Kier alpha value is -1.34.